The summed E-state index contributed by atoms with van der Waals surface area (Å²) in [4.78, 5) is 27.6. The van der Waals surface area contributed by atoms with E-state index in [2.05, 4.69) is 16.9 Å². The molecule has 0 saturated heterocycles. The minimum absolute atomic E-state index is 0.133. The number of carboxylic acid groups (broad SMARTS) is 1. The number of benzene rings is 1. The van der Waals surface area contributed by atoms with Crippen molar-refractivity contribution >= 4 is 11.9 Å². The van der Waals surface area contributed by atoms with Gasteiger partial charge in [0.25, 0.3) is 5.91 Å². The Morgan fingerprint density at radius 2 is 2.00 bits per heavy atom. The van der Waals surface area contributed by atoms with Crippen LogP contribution in [0.3, 0.4) is 0 Å². The van der Waals surface area contributed by atoms with Gasteiger partial charge in [0.1, 0.15) is 17.1 Å². The number of amides is 1. The zero-order chi connectivity index (χ0) is 22.6. The van der Waals surface area contributed by atoms with Crippen LogP contribution >= 0.6 is 0 Å². The molecule has 2 N–H and O–H groups in total. The van der Waals surface area contributed by atoms with Crippen molar-refractivity contribution in [1.29, 1.82) is 0 Å². The zero-order valence-electron chi connectivity index (χ0n) is 17.4. The van der Waals surface area contributed by atoms with E-state index in [-0.39, 0.29) is 29.3 Å². The fourth-order valence-corrected chi connectivity index (χ4v) is 2.83. The molecule has 1 aromatic carbocycles. The van der Waals surface area contributed by atoms with Crippen LogP contribution < -0.4 is 10.1 Å². The van der Waals surface area contributed by atoms with E-state index in [9.17, 15) is 14.0 Å². The minimum atomic E-state index is -1.00. The summed E-state index contributed by atoms with van der Waals surface area (Å²) in [5.74, 6) is -1.21. The number of hydrogen-bond acceptors (Lipinski definition) is 5. The van der Waals surface area contributed by atoms with Gasteiger partial charge in [0.15, 0.2) is 6.10 Å². The van der Waals surface area contributed by atoms with Gasteiger partial charge in [0.05, 0.1) is 6.10 Å². The van der Waals surface area contributed by atoms with Gasteiger partial charge in [-0.25, -0.2) is 14.2 Å². The maximum absolute atomic E-state index is 13.1. The summed E-state index contributed by atoms with van der Waals surface area (Å²) >= 11 is 0. The van der Waals surface area contributed by atoms with Crippen LogP contribution in [0, 0.1) is 5.82 Å². The van der Waals surface area contributed by atoms with Crippen LogP contribution in [0.4, 0.5) is 4.39 Å². The van der Waals surface area contributed by atoms with Gasteiger partial charge in [-0.3, -0.25) is 4.79 Å². The molecule has 1 amide bonds. The monoisotopic (exact) mass is 430 g/mol. The summed E-state index contributed by atoms with van der Waals surface area (Å²) in [6.45, 7) is 5.60. The van der Waals surface area contributed by atoms with Crippen LogP contribution in [0.1, 0.15) is 43.0 Å². The second-order valence-electron chi connectivity index (χ2n) is 6.93. The molecule has 0 spiro atoms. The number of hydrogen-bond donors (Lipinski definition) is 2. The maximum atomic E-state index is 13.1. The molecule has 8 heteroatoms. The Morgan fingerprint density at radius 1 is 1.26 bits per heavy atom. The van der Waals surface area contributed by atoms with Gasteiger partial charge < -0.3 is 19.9 Å². The average Bonchev–Trinajstić information content (AvgIpc) is 2.75. The largest absolute Gasteiger partial charge is 0.479 e. The van der Waals surface area contributed by atoms with Crippen LogP contribution in [0.5, 0.6) is 11.6 Å². The third-order valence-electron chi connectivity index (χ3n) is 4.46. The molecule has 0 fully saturated rings. The van der Waals surface area contributed by atoms with Crippen molar-refractivity contribution in [3.8, 4) is 11.6 Å². The molecular weight excluding hydrogens is 403 g/mol. The number of aliphatic carboxylic acids is 1. The number of carboxylic acids is 1. The Kier molecular flexibility index (Phi) is 9.64. The van der Waals surface area contributed by atoms with E-state index in [1.165, 1.54) is 37.4 Å². The van der Waals surface area contributed by atoms with Crippen LogP contribution in [0.25, 0.3) is 0 Å². The average molecular weight is 430 g/mol. The van der Waals surface area contributed by atoms with E-state index in [1.807, 2.05) is 0 Å². The molecule has 2 atom stereocenters. The highest BCUT2D eigenvalue weighted by Gasteiger charge is 2.18. The SMILES string of the molecule is C=CCC(CCCCNC(=O)c1cccnc1Oc1ccc(F)cc1)OC(C)C(=O)O. The van der Waals surface area contributed by atoms with E-state index in [0.29, 0.717) is 31.6 Å². The lowest BCUT2D eigenvalue weighted by atomic mass is 10.1. The molecule has 0 bridgehead atoms. The summed E-state index contributed by atoms with van der Waals surface area (Å²) in [7, 11) is 0. The maximum Gasteiger partial charge on any atom is 0.332 e. The van der Waals surface area contributed by atoms with Gasteiger partial charge in [-0.15, -0.1) is 6.58 Å². The summed E-state index contributed by atoms with van der Waals surface area (Å²) in [6.07, 6.45) is 4.76. The Morgan fingerprint density at radius 3 is 2.68 bits per heavy atom. The van der Waals surface area contributed by atoms with Crippen molar-refractivity contribution in [2.45, 2.75) is 44.8 Å². The highest BCUT2D eigenvalue weighted by molar-refractivity contribution is 5.96. The number of rotatable bonds is 13. The number of ether oxygens (including phenoxy) is 2. The quantitative estimate of drug-likeness (QED) is 0.362. The lowest BCUT2D eigenvalue weighted by Crippen LogP contribution is -2.27. The van der Waals surface area contributed by atoms with Crippen molar-refractivity contribution in [2.24, 2.45) is 0 Å². The molecule has 0 saturated carbocycles. The van der Waals surface area contributed by atoms with Gasteiger partial charge in [0.2, 0.25) is 5.88 Å². The first-order valence-corrected chi connectivity index (χ1v) is 10.1. The standard InChI is InChI=1S/C23H27FN2O5/c1-3-7-18(30-16(2)23(28)29)8-4-5-14-25-21(27)20-9-6-15-26-22(20)31-19-12-10-17(24)11-13-19/h3,6,9-13,15-16,18H,1,4-5,7-8,14H2,2H3,(H,25,27)(H,28,29). The van der Waals surface area contributed by atoms with E-state index >= 15 is 0 Å². The van der Waals surface area contributed by atoms with E-state index in [4.69, 9.17) is 14.6 Å². The predicted octanol–water partition coefficient (Wildman–Crippen LogP) is 4.35. The molecular formula is C23H27FN2O5. The van der Waals surface area contributed by atoms with Crippen LogP contribution in [-0.4, -0.2) is 40.7 Å². The van der Waals surface area contributed by atoms with Gasteiger partial charge in [-0.1, -0.05) is 6.08 Å². The van der Waals surface area contributed by atoms with Crippen molar-refractivity contribution in [3.05, 3.63) is 66.6 Å². The Labute approximate surface area is 180 Å². The number of carbonyl (C=O) groups excluding carboxylic acids is 1. The number of nitrogens with zero attached hydrogens (tertiary/aromatic N) is 1. The van der Waals surface area contributed by atoms with Crippen LogP contribution in [0.15, 0.2) is 55.3 Å². The van der Waals surface area contributed by atoms with E-state index in [1.54, 1.807) is 18.2 Å². The molecule has 166 valence electrons. The molecule has 0 aliphatic rings. The third-order valence-corrected chi connectivity index (χ3v) is 4.46. The van der Waals surface area contributed by atoms with Gasteiger partial charge in [-0.05, 0) is 69.0 Å². The lowest BCUT2D eigenvalue weighted by molar-refractivity contribution is -0.153. The highest BCUT2D eigenvalue weighted by atomic mass is 19.1. The van der Waals surface area contributed by atoms with Crippen LogP contribution in [-0.2, 0) is 9.53 Å². The first-order chi connectivity index (χ1) is 14.9. The number of halogens is 1. The van der Waals surface area contributed by atoms with Crippen molar-refractivity contribution < 1.29 is 28.6 Å². The number of pyridine rings is 1. The number of carbonyl (C=O) groups is 2. The number of aromatic nitrogens is 1. The summed E-state index contributed by atoms with van der Waals surface area (Å²) in [5.41, 5.74) is 0.273. The number of unbranched alkanes of at least 4 members (excludes halogenated alkanes) is 1. The predicted molar refractivity (Wildman–Crippen MR) is 114 cm³/mol. The molecule has 0 radical (unpaired) electrons. The van der Waals surface area contributed by atoms with Gasteiger partial charge in [0, 0.05) is 12.7 Å². The highest BCUT2D eigenvalue weighted by Crippen LogP contribution is 2.23. The first-order valence-electron chi connectivity index (χ1n) is 10.1. The lowest BCUT2D eigenvalue weighted by Gasteiger charge is -2.19. The second-order valence-corrected chi connectivity index (χ2v) is 6.93. The van der Waals surface area contributed by atoms with Crippen molar-refractivity contribution in [3.63, 3.8) is 0 Å². The summed E-state index contributed by atoms with van der Waals surface area (Å²) in [6, 6.07) is 8.67. The van der Waals surface area contributed by atoms with Crippen LogP contribution in [0.2, 0.25) is 0 Å². The Bertz CT molecular complexity index is 873. The molecule has 1 heterocycles. The summed E-state index contributed by atoms with van der Waals surface area (Å²) < 4.78 is 24.2. The topological polar surface area (TPSA) is 97.8 Å². The minimum Gasteiger partial charge on any atom is -0.479 e. The number of nitrogens with one attached hydrogen (secondary N) is 1. The third kappa shape index (κ3) is 8.18. The normalized spacial score (nSPS) is 12.6. The van der Waals surface area contributed by atoms with Crippen molar-refractivity contribution in [1.82, 2.24) is 10.3 Å². The molecule has 1 aromatic heterocycles. The zero-order valence-corrected chi connectivity index (χ0v) is 17.4. The molecule has 2 unspecified atom stereocenters. The molecule has 2 aromatic rings. The smallest absolute Gasteiger partial charge is 0.332 e. The molecule has 0 aliphatic heterocycles. The molecule has 7 nitrogen and oxygen atoms in total. The van der Waals surface area contributed by atoms with Gasteiger partial charge in [-0.2, -0.15) is 0 Å². The van der Waals surface area contributed by atoms with Gasteiger partial charge >= 0.3 is 5.97 Å². The Balaban J connectivity index is 1.82. The molecule has 2 rings (SSSR count). The molecule has 31 heavy (non-hydrogen) atoms. The fraction of sp³-hybridized carbons (Fsp3) is 0.348. The summed E-state index contributed by atoms with van der Waals surface area (Å²) in [5, 5.41) is 11.8. The second kappa shape index (κ2) is 12.4. The van der Waals surface area contributed by atoms with E-state index in [0.717, 1.165) is 6.42 Å². The first kappa shape index (κ1) is 24.0. The van der Waals surface area contributed by atoms with E-state index < -0.39 is 12.1 Å². The fourth-order valence-electron chi connectivity index (χ4n) is 2.83. The Hall–Kier alpha value is -3.26. The van der Waals surface area contributed by atoms with Crippen molar-refractivity contribution in [2.75, 3.05) is 6.54 Å². The molecule has 0 aliphatic carbocycles.